The Kier molecular flexibility index (Phi) is 5.29. The summed E-state index contributed by atoms with van der Waals surface area (Å²) in [7, 11) is 0. The maximum atomic E-state index is 12.6. The number of ether oxygens (including phenoxy) is 1. The van der Waals surface area contributed by atoms with Crippen molar-refractivity contribution >= 4 is 39.1 Å². The average molecular weight is 389 g/mol. The zero-order valence-electron chi connectivity index (χ0n) is 13.2. The van der Waals surface area contributed by atoms with Gasteiger partial charge in [-0.3, -0.25) is 9.59 Å². The number of nitrogens with one attached hydrogen (secondary N) is 1. The van der Waals surface area contributed by atoms with Crippen LogP contribution in [0.3, 0.4) is 0 Å². The van der Waals surface area contributed by atoms with Crippen LogP contribution in [-0.2, 0) is 9.53 Å². The van der Waals surface area contributed by atoms with Gasteiger partial charge in [-0.15, -0.1) is 11.3 Å². The molecule has 0 radical (unpaired) electrons. The van der Waals surface area contributed by atoms with Gasteiger partial charge in [-0.25, -0.2) is 0 Å². The normalized spacial score (nSPS) is 22.2. The quantitative estimate of drug-likeness (QED) is 0.865. The van der Waals surface area contributed by atoms with Gasteiger partial charge in [0, 0.05) is 13.1 Å². The van der Waals surface area contributed by atoms with Crippen LogP contribution in [0, 0.1) is 0 Å². The van der Waals surface area contributed by atoms with Crippen molar-refractivity contribution in [1.82, 2.24) is 10.2 Å². The lowest BCUT2D eigenvalue weighted by atomic mass is 10.0. The lowest BCUT2D eigenvalue weighted by Gasteiger charge is -2.42. The van der Waals surface area contributed by atoms with Crippen molar-refractivity contribution < 1.29 is 14.3 Å². The number of carbonyl (C=O) groups excluding carboxylic acids is 2. The highest BCUT2D eigenvalue weighted by molar-refractivity contribution is 9.11. The number of carbonyl (C=O) groups is 2. The van der Waals surface area contributed by atoms with Crippen LogP contribution in [-0.4, -0.2) is 47.6 Å². The molecule has 1 aromatic rings. The highest BCUT2D eigenvalue weighted by Crippen LogP contribution is 2.23. The Labute approximate surface area is 143 Å². The fourth-order valence-corrected chi connectivity index (χ4v) is 3.95. The largest absolute Gasteiger partial charge is 0.369 e. The number of hydrogen-bond acceptors (Lipinski definition) is 4. The molecule has 22 heavy (non-hydrogen) atoms. The molecule has 122 valence electrons. The molecule has 1 aliphatic rings. The summed E-state index contributed by atoms with van der Waals surface area (Å²) in [6.45, 7) is 8.68. The van der Waals surface area contributed by atoms with E-state index in [4.69, 9.17) is 4.74 Å². The Balaban J connectivity index is 1.98. The van der Waals surface area contributed by atoms with Gasteiger partial charge >= 0.3 is 0 Å². The Hall–Kier alpha value is -0.920. The highest BCUT2D eigenvalue weighted by atomic mass is 79.9. The third kappa shape index (κ3) is 4.30. The van der Waals surface area contributed by atoms with E-state index >= 15 is 0 Å². The molecule has 5 nitrogen and oxygen atoms in total. The van der Waals surface area contributed by atoms with E-state index in [1.165, 1.54) is 11.3 Å². The molecule has 2 amide bonds. The highest BCUT2D eigenvalue weighted by Gasteiger charge is 2.35. The van der Waals surface area contributed by atoms with E-state index in [0.717, 1.165) is 3.79 Å². The van der Waals surface area contributed by atoms with Crippen molar-refractivity contribution in [3.8, 4) is 0 Å². The molecular weight excluding hydrogens is 368 g/mol. The monoisotopic (exact) mass is 388 g/mol. The minimum absolute atomic E-state index is 0.0103. The maximum absolute atomic E-state index is 12.6. The van der Waals surface area contributed by atoms with E-state index in [0.29, 0.717) is 18.0 Å². The summed E-state index contributed by atoms with van der Waals surface area (Å²) < 4.78 is 6.69. The van der Waals surface area contributed by atoms with Crippen molar-refractivity contribution in [1.29, 1.82) is 0 Å². The van der Waals surface area contributed by atoms with E-state index in [1.54, 1.807) is 17.9 Å². The molecule has 7 heteroatoms. The van der Waals surface area contributed by atoms with Crippen LogP contribution in [0.15, 0.2) is 15.9 Å². The first-order valence-corrected chi connectivity index (χ1v) is 8.82. The zero-order chi connectivity index (χ0) is 16.5. The molecule has 0 aliphatic carbocycles. The number of morpholine rings is 1. The van der Waals surface area contributed by atoms with Gasteiger partial charge in [-0.1, -0.05) is 0 Å². The third-order valence-electron chi connectivity index (χ3n) is 3.40. The van der Waals surface area contributed by atoms with E-state index < -0.39 is 6.04 Å². The molecule has 1 saturated heterocycles. The van der Waals surface area contributed by atoms with Crippen molar-refractivity contribution in [2.75, 3.05) is 13.1 Å². The number of halogens is 1. The molecule has 0 aromatic carbocycles. The molecule has 2 rings (SSSR count). The molecule has 1 aliphatic heterocycles. The molecule has 0 spiro atoms. The second-order valence-electron chi connectivity index (χ2n) is 6.21. The number of hydrogen-bond donors (Lipinski definition) is 1. The first-order valence-electron chi connectivity index (χ1n) is 7.21. The third-order valence-corrected chi connectivity index (χ3v) is 5.02. The Bertz CT molecular complexity index is 573. The molecule has 2 atom stereocenters. The van der Waals surface area contributed by atoms with Crippen LogP contribution < -0.4 is 5.32 Å². The fourth-order valence-electron chi connectivity index (χ4n) is 2.66. The summed E-state index contributed by atoms with van der Waals surface area (Å²) >= 11 is 4.67. The second-order valence-corrected chi connectivity index (χ2v) is 8.67. The standard InChI is InChI=1S/C15H21BrN2O3S/c1-9-7-18(8-15(3,4)21-9)14(20)10(2)17-13(19)11-5-6-12(16)22-11/h5-6,9-10H,7-8H2,1-4H3,(H,17,19). The van der Waals surface area contributed by atoms with Crippen molar-refractivity contribution in [3.05, 3.63) is 20.8 Å². The summed E-state index contributed by atoms with van der Waals surface area (Å²) in [4.78, 5) is 27.0. The van der Waals surface area contributed by atoms with Crippen LogP contribution in [0.25, 0.3) is 0 Å². The van der Waals surface area contributed by atoms with E-state index in [2.05, 4.69) is 21.2 Å². The average Bonchev–Trinajstić information content (AvgIpc) is 2.82. The van der Waals surface area contributed by atoms with Gasteiger partial charge in [0.1, 0.15) is 6.04 Å². The van der Waals surface area contributed by atoms with Gasteiger partial charge in [0.15, 0.2) is 0 Å². The Morgan fingerprint density at radius 2 is 2.18 bits per heavy atom. The zero-order valence-corrected chi connectivity index (χ0v) is 15.6. The van der Waals surface area contributed by atoms with Crippen molar-refractivity contribution in [2.24, 2.45) is 0 Å². The van der Waals surface area contributed by atoms with Gasteiger partial charge < -0.3 is 15.0 Å². The lowest BCUT2D eigenvalue weighted by molar-refractivity contribution is -0.159. The van der Waals surface area contributed by atoms with E-state index in [1.807, 2.05) is 26.8 Å². The summed E-state index contributed by atoms with van der Waals surface area (Å²) in [6, 6.07) is 2.99. The van der Waals surface area contributed by atoms with Crippen LogP contribution in [0.5, 0.6) is 0 Å². The number of thiophene rings is 1. The Morgan fingerprint density at radius 1 is 1.50 bits per heavy atom. The molecule has 1 aromatic heterocycles. The van der Waals surface area contributed by atoms with Crippen LogP contribution >= 0.6 is 27.3 Å². The molecule has 1 N–H and O–H groups in total. The van der Waals surface area contributed by atoms with E-state index in [9.17, 15) is 9.59 Å². The summed E-state index contributed by atoms with van der Waals surface area (Å²) in [5.41, 5.74) is -0.365. The Morgan fingerprint density at radius 3 is 2.73 bits per heavy atom. The van der Waals surface area contributed by atoms with Gasteiger partial charge in [-0.05, 0) is 55.8 Å². The number of nitrogens with zero attached hydrogens (tertiary/aromatic N) is 1. The molecule has 2 unspecified atom stereocenters. The van der Waals surface area contributed by atoms with Crippen molar-refractivity contribution in [2.45, 2.75) is 45.4 Å². The molecule has 0 saturated carbocycles. The molecule has 1 fully saturated rings. The summed E-state index contributed by atoms with van der Waals surface area (Å²) in [5.74, 6) is -0.302. The SMILES string of the molecule is CC1CN(C(=O)C(C)NC(=O)c2ccc(Br)s2)CC(C)(C)O1. The van der Waals surface area contributed by atoms with Gasteiger partial charge in [0.25, 0.3) is 5.91 Å². The van der Waals surface area contributed by atoms with Crippen molar-refractivity contribution in [3.63, 3.8) is 0 Å². The topological polar surface area (TPSA) is 58.6 Å². The first-order chi connectivity index (χ1) is 10.2. The van der Waals surface area contributed by atoms with Gasteiger partial charge in [0.05, 0.1) is 20.4 Å². The van der Waals surface area contributed by atoms with Crippen LogP contribution in [0.4, 0.5) is 0 Å². The minimum Gasteiger partial charge on any atom is -0.369 e. The predicted octanol–water partition coefficient (Wildman–Crippen LogP) is 2.65. The predicted molar refractivity (Wildman–Crippen MR) is 90.2 cm³/mol. The summed E-state index contributed by atoms with van der Waals surface area (Å²) in [5, 5.41) is 2.77. The maximum Gasteiger partial charge on any atom is 0.262 e. The second kappa shape index (κ2) is 6.68. The minimum atomic E-state index is -0.561. The van der Waals surface area contributed by atoms with Crippen LogP contribution in [0.1, 0.15) is 37.4 Å². The number of amides is 2. The molecule has 0 bridgehead atoms. The van der Waals surface area contributed by atoms with Crippen LogP contribution in [0.2, 0.25) is 0 Å². The van der Waals surface area contributed by atoms with Gasteiger partial charge in [0.2, 0.25) is 5.91 Å². The molecular formula is C15H21BrN2O3S. The fraction of sp³-hybridized carbons (Fsp3) is 0.600. The number of rotatable bonds is 3. The molecule has 2 heterocycles. The lowest BCUT2D eigenvalue weighted by Crippen LogP contribution is -2.57. The van der Waals surface area contributed by atoms with E-state index in [-0.39, 0.29) is 23.5 Å². The smallest absolute Gasteiger partial charge is 0.262 e. The summed E-state index contributed by atoms with van der Waals surface area (Å²) in [6.07, 6.45) is -0.0103. The first kappa shape index (κ1) is 17.4. The van der Waals surface area contributed by atoms with Gasteiger partial charge in [-0.2, -0.15) is 0 Å².